The van der Waals surface area contributed by atoms with Crippen LogP contribution in [-0.2, 0) is 5.41 Å². The van der Waals surface area contributed by atoms with Gasteiger partial charge < -0.3 is 19.7 Å². The Hall–Kier alpha value is -6.72. The molecule has 0 saturated carbocycles. The van der Waals surface area contributed by atoms with Gasteiger partial charge in [0.15, 0.2) is 0 Å². The van der Waals surface area contributed by atoms with Crippen LogP contribution in [-0.4, -0.2) is 36.6 Å². The molecule has 0 spiro atoms. The zero-order valence-corrected chi connectivity index (χ0v) is 32.4. The fourth-order valence-electron chi connectivity index (χ4n) is 8.38. The van der Waals surface area contributed by atoms with Crippen molar-refractivity contribution in [3.8, 4) is 44.9 Å². The Kier molecular flexibility index (Phi) is 10.2. The first-order chi connectivity index (χ1) is 28.5. The van der Waals surface area contributed by atoms with E-state index in [0.29, 0.717) is 11.5 Å². The molecule has 0 saturated heterocycles. The molecule has 0 amide bonds. The van der Waals surface area contributed by atoms with Crippen LogP contribution in [0.2, 0.25) is 0 Å². The maximum absolute atomic E-state index is 9.80. The molecule has 0 fully saturated rings. The Labute approximate surface area is 339 Å². The summed E-state index contributed by atoms with van der Waals surface area (Å²) in [5.41, 5.74) is 8.88. The van der Waals surface area contributed by atoms with Gasteiger partial charge in [-0.2, -0.15) is 0 Å². The van der Waals surface area contributed by atoms with Crippen LogP contribution < -0.4 is 9.47 Å². The average Bonchev–Trinajstić information content (AvgIpc) is 3.29. The van der Waals surface area contributed by atoms with E-state index in [9.17, 15) is 10.2 Å². The Bertz CT molecular complexity index is 2770. The van der Waals surface area contributed by atoms with Gasteiger partial charge in [-0.25, -0.2) is 0 Å². The number of fused-ring (bicyclic) bond motifs is 3. The van der Waals surface area contributed by atoms with Gasteiger partial charge in [-0.05, 0) is 121 Å². The van der Waals surface area contributed by atoms with Gasteiger partial charge in [0.1, 0.15) is 24.7 Å². The SMILES string of the molecule is CC(c1cccc(-c2cccc3ccccc23)c1)(c1ccc(OCCO)c(-c2ccc3ccccc3c2)c1)c1ccc(OCCO)c(-c2ccc3ccccc3c2)c1. The molecule has 9 aromatic carbocycles. The molecule has 0 heterocycles. The Balaban J connectivity index is 1.28. The van der Waals surface area contributed by atoms with Gasteiger partial charge in [0.25, 0.3) is 0 Å². The molecule has 0 aliphatic heterocycles. The Morgan fingerprint density at radius 1 is 0.379 bits per heavy atom. The molecule has 0 aliphatic carbocycles. The molecule has 58 heavy (non-hydrogen) atoms. The summed E-state index contributed by atoms with van der Waals surface area (Å²) >= 11 is 0. The highest BCUT2D eigenvalue weighted by Crippen LogP contribution is 2.46. The number of rotatable bonds is 12. The Morgan fingerprint density at radius 2 is 0.845 bits per heavy atom. The van der Waals surface area contributed by atoms with E-state index in [2.05, 4.69) is 183 Å². The molecule has 2 N–H and O–H groups in total. The van der Waals surface area contributed by atoms with E-state index in [4.69, 9.17) is 9.47 Å². The normalized spacial score (nSPS) is 11.6. The largest absolute Gasteiger partial charge is 0.491 e. The minimum Gasteiger partial charge on any atom is -0.491 e. The first kappa shape index (κ1) is 36.9. The minimum absolute atomic E-state index is 0.0835. The van der Waals surface area contributed by atoms with Crippen LogP contribution in [0.15, 0.2) is 188 Å². The molecule has 0 aliphatic rings. The predicted molar refractivity (Wildman–Crippen MR) is 239 cm³/mol. The number of aliphatic hydroxyl groups excluding tert-OH is 2. The monoisotopic (exact) mass is 756 g/mol. The zero-order chi connectivity index (χ0) is 39.5. The molecule has 284 valence electrons. The van der Waals surface area contributed by atoms with E-state index in [0.717, 1.165) is 55.3 Å². The van der Waals surface area contributed by atoms with E-state index in [1.54, 1.807) is 0 Å². The van der Waals surface area contributed by atoms with Crippen LogP contribution in [0.3, 0.4) is 0 Å². The summed E-state index contributed by atoms with van der Waals surface area (Å²) in [4.78, 5) is 0. The van der Waals surface area contributed by atoms with Crippen molar-refractivity contribution in [2.45, 2.75) is 12.3 Å². The second-order valence-electron chi connectivity index (χ2n) is 14.9. The van der Waals surface area contributed by atoms with Gasteiger partial charge in [0.05, 0.1) is 13.2 Å². The molecule has 0 aromatic heterocycles. The van der Waals surface area contributed by atoms with Crippen LogP contribution in [0.1, 0.15) is 23.6 Å². The predicted octanol–water partition coefficient (Wildman–Crippen LogP) is 12.2. The molecule has 9 aromatic rings. The third-order valence-electron chi connectivity index (χ3n) is 11.5. The third kappa shape index (κ3) is 6.98. The molecule has 0 bridgehead atoms. The van der Waals surface area contributed by atoms with Crippen molar-refractivity contribution in [3.63, 3.8) is 0 Å². The second kappa shape index (κ2) is 16.0. The van der Waals surface area contributed by atoms with E-state index < -0.39 is 5.41 Å². The minimum atomic E-state index is -0.678. The lowest BCUT2D eigenvalue weighted by Gasteiger charge is -2.34. The van der Waals surface area contributed by atoms with Crippen molar-refractivity contribution >= 4 is 32.3 Å². The van der Waals surface area contributed by atoms with Gasteiger partial charge in [-0.15, -0.1) is 0 Å². The van der Waals surface area contributed by atoms with Crippen LogP contribution in [0.4, 0.5) is 0 Å². The highest BCUT2D eigenvalue weighted by molar-refractivity contribution is 5.97. The number of benzene rings is 9. The van der Waals surface area contributed by atoms with E-state index >= 15 is 0 Å². The van der Waals surface area contributed by atoms with Crippen LogP contribution in [0.5, 0.6) is 11.5 Å². The molecule has 9 rings (SSSR count). The molecule has 0 radical (unpaired) electrons. The first-order valence-electron chi connectivity index (χ1n) is 19.9. The average molecular weight is 757 g/mol. The van der Waals surface area contributed by atoms with Crippen molar-refractivity contribution < 1.29 is 19.7 Å². The molecule has 4 heteroatoms. The second-order valence-corrected chi connectivity index (χ2v) is 14.9. The lowest BCUT2D eigenvalue weighted by Crippen LogP contribution is -2.26. The number of hydrogen-bond donors (Lipinski definition) is 2. The smallest absolute Gasteiger partial charge is 0.127 e. The lowest BCUT2D eigenvalue weighted by atomic mass is 9.69. The van der Waals surface area contributed by atoms with Crippen molar-refractivity contribution in [2.24, 2.45) is 0 Å². The molecular formula is C54H44O4. The zero-order valence-electron chi connectivity index (χ0n) is 32.4. The first-order valence-corrected chi connectivity index (χ1v) is 19.9. The number of aliphatic hydroxyl groups is 2. The molecule has 4 nitrogen and oxygen atoms in total. The number of ether oxygens (including phenoxy) is 2. The van der Waals surface area contributed by atoms with E-state index in [-0.39, 0.29) is 26.4 Å². The topological polar surface area (TPSA) is 58.9 Å². The summed E-state index contributed by atoms with van der Waals surface area (Å²) in [6.45, 7) is 2.51. The summed E-state index contributed by atoms with van der Waals surface area (Å²) in [6.07, 6.45) is 0. The van der Waals surface area contributed by atoms with Crippen LogP contribution in [0, 0.1) is 0 Å². The summed E-state index contributed by atoms with van der Waals surface area (Å²) in [7, 11) is 0. The highest BCUT2D eigenvalue weighted by Gasteiger charge is 2.33. The fraction of sp³-hybridized carbons (Fsp3) is 0.111. The van der Waals surface area contributed by atoms with Crippen LogP contribution in [0.25, 0.3) is 65.7 Å². The van der Waals surface area contributed by atoms with Crippen molar-refractivity contribution in [3.05, 3.63) is 205 Å². The summed E-state index contributed by atoms with van der Waals surface area (Å²) < 4.78 is 12.5. The third-order valence-corrected chi connectivity index (χ3v) is 11.5. The maximum Gasteiger partial charge on any atom is 0.127 e. The van der Waals surface area contributed by atoms with E-state index in [1.165, 1.54) is 27.1 Å². The molecular weight excluding hydrogens is 713 g/mol. The maximum atomic E-state index is 9.80. The van der Waals surface area contributed by atoms with Crippen LogP contribution >= 0.6 is 0 Å². The standard InChI is InChI=1S/C54H44O4/c1-54(45-17-8-16-42(34-45)49-19-9-15-39-12-6-7-18-48(39)49,46-24-26-52(57-30-28-55)50(35-46)43-22-20-37-10-2-4-13-40(37)32-43)47-25-27-53(58-31-29-56)51(36-47)44-23-21-38-11-3-5-14-41(38)33-44/h2-27,32-36,55-56H,28-31H2,1H3. The van der Waals surface area contributed by atoms with Crippen molar-refractivity contribution in [1.29, 1.82) is 0 Å². The highest BCUT2D eigenvalue weighted by atomic mass is 16.5. The fourth-order valence-corrected chi connectivity index (χ4v) is 8.38. The lowest BCUT2D eigenvalue weighted by molar-refractivity contribution is 0.202. The van der Waals surface area contributed by atoms with Crippen molar-refractivity contribution in [2.75, 3.05) is 26.4 Å². The van der Waals surface area contributed by atoms with Gasteiger partial charge in [0, 0.05) is 16.5 Å². The van der Waals surface area contributed by atoms with Gasteiger partial charge in [0.2, 0.25) is 0 Å². The van der Waals surface area contributed by atoms with Crippen molar-refractivity contribution in [1.82, 2.24) is 0 Å². The molecule has 0 atom stereocenters. The quantitative estimate of drug-likeness (QED) is 0.122. The van der Waals surface area contributed by atoms with E-state index in [1.807, 2.05) is 12.1 Å². The number of hydrogen-bond acceptors (Lipinski definition) is 4. The van der Waals surface area contributed by atoms with Gasteiger partial charge in [-0.3, -0.25) is 0 Å². The Morgan fingerprint density at radius 3 is 1.41 bits per heavy atom. The summed E-state index contributed by atoms with van der Waals surface area (Å²) in [5, 5.41) is 26.6. The summed E-state index contributed by atoms with van der Waals surface area (Å²) in [6, 6.07) is 66.7. The molecule has 0 unspecified atom stereocenters. The van der Waals surface area contributed by atoms with Gasteiger partial charge in [-0.1, -0.05) is 146 Å². The van der Waals surface area contributed by atoms with Gasteiger partial charge >= 0.3 is 0 Å². The summed E-state index contributed by atoms with van der Waals surface area (Å²) in [5.74, 6) is 1.43.